The summed E-state index contributed by atoms with van der Waals surface area (Å²) in [5.74, 6) is 1.07. The molecule has 0 unspecified atom stereocenters. The molecule has 1 saturated heterocycles. The van der Waals surface area contributed by atoms with E-state index < -0.39 is 0 Å². The molecule has 104 valence electrons. The van der Waals surface area contributed by atoms with Crippen molar-refractivity contribution in [3.8, 4) is 0 Å². The van der Waals surface area contributed by atoms with Crippen LogP contribution in [0.15, 0.2) is 3.92 Å². The number of anilines is 1. The van der Waals surface area contributed by atoms with Crippen molar-refractivity contribution < 1.29 is 4.79 Å². The first-order valence-corrected chi connectivity index (χ1v) is 8.12. The molecule has 5 nitrogen and oxygen atoms in total. The Hall–Kier alpha value is -0.690. The number of carbonyl (C=O) groups is 1. The van der Waals surface area contributed by atoms with E-state index >= 15 is 0 Å². The highest BCUT2D eigenvalue weighted by Crippen LogP contribution is 2.46. The molecule has 0 spiro atoms. The highest BCUT2D eigenvalue weighted by molar-refractivity contribution is 9.11. The van der Waals surface area contributed by atoms with Crippen molar-refractivity contribution in [3.63, 3.8) is 0 Å². The molecule has 1 aliphatic carbocycles. The standard InChI is InChI=1S/C12H17BrN4OS/c1-7(18)14-12(2)8-3-4-9(12)6-17(5-8)11-16-15-10(13)19-11/h8-9H,3-6H2,1-2H3,(H,14,18)/t8-,9+,12+. The van der Waals surface area contributed by atoms with Gasteiger partial charge in [0, 0.05) is 25.6 Å². The van der Waals surface area contributed by atoms with Gasteiger partial charge in [0.05, 0.1) is 0 Å². The van der Waals surface area contributed by atoms with Gasteiger partial charge >= 0.3 is 0 Å². The summed E-state index contributed by atoms with van der Waals surface area (Å²) in [7, 11) is 0. The lowest BCUT2D eigenvalue weighted by Gasteiger charge is -2.45. The summed E-state index contributed by atoms with van der Waals surface area (Å²) in [5.41, 5.74) is -0.0513. The van der Waals surface area contributed by atoms with Crippen LogP contribution < -0.4 is 10.2 Å². The summed E-state index contributed by atoms with van der Waals surface area (Å²) >= 11 is 4.93. The van der Waals surface area contributed by atoms with Crippen LogP contribution in [-0.4, -0.2) is 34.7 Å². The molecule has 0 radical (unpaired) electrons. The Morgan fingerprint density at radius 2 is 2.05 bits per heavy atom. The number of rotatable bonds is 2. The Morgan fingerprint density at radius 3 is 2.53 bits per heavy atom. The van der Waals surface area contributed by atoms with Gasteiger partial charge in [0.2, 0.25) is 11.0 Å². The van der Waals surface area contributed by atoms with Gasteiger partial charge in [0.1, 0.15) is 0 Å². The van der Waals surface area contributed by atoms with Crippen LogP contribution in [0, 0.1) is 11.8 Å². The van der Waals surface area contributed by atoms with Gasteiger partial charge in [-0.25, -0.2) is 0 Å². The Bertz CT molecular complexity index is 492. The molecular weight excluding hydrogens is 328 g/mol. The topological polar surface area (TPSA) is 58.1 Å². The first-order valence-electron chi connectivity index (χ1n) is 6.51. The molecule has 7 heteroatoms. The lowest BCUT2D eigenvalue weighted by molar-refractivity contribution is -0.121. The van der Waals surface area contributed by atoms with Crippen LogP contribution in [-0.2, 0) is 4.79 Å². The summed E-state index contributed by atoms with van der Waals surface area (Å²) < 4.78 is 0.824. The van der Waals surface area contributed by atoms with E-state index in [4.69, 9.17) is 0 Å². The smallest absolute Gasteiger partial charge is 0.217 e. The first kappa shape index (κ1) is 13.3. The molecule has 3 rings (SSSR count). The summed E-state index contributed by atoms with van der Waals surface area (Å²) in [6.07, 6.45) is 2.36. The molecule has 1 saturated carbocycles. The van der Waals surface area contributed by atoms with Crippen molar-refractivity contribution in [1.29, 1.82) is 0 Å². The van der Waals surface area contributed by atoms with Gasteiger partial charge in [-0.1, -0.05) is 11.3 Å². The SMILES string of the molecule is CC(=O)N[C@@]1(C)[C@@H]2CC[C@H]1CN(c1nnc(Br)s1)C2. The average Bonchev–Trinajstić information content (AvgIpc) is 2.77. The number of nitrogens with one attached hydrogen (secondary N) is 1. The number of fused-ring (bicyclic) bond motifs is 2. The van der Waals surface area contributed by atoms with Crippen LogP contribution in [0.4, 0.5) is 5.13 Å². The fourth-order valence-corrected chi connectivity index (χ4v) is 4.68. The van der Waals surface area contributed by atoms with Gasteiger partial charge in [-0.15, -0.1) is 10.2 Å². The lowest BCUT2D eigenvalue weighted by Crippen LogP contribution is -2.61. The molecule has 1 aliphatic heterocycles. The Morgan fingerprint density at radius 1 is 1.42 bits per heavy atom. The Kier molecular flexibility index (Phi) is 3.29. The predicted octanol–water partition coefficient (Wildman–Crippen LogP) is 2.04. The van der Waals surface area contributed by atoms with E-state index in [1.165, 1.54) is 12.8 Å². The molecule has 2 bridgehead atoms. The molecule has 1 amide bonds. The zero-order valence-corrected chi connectivity index (χ0v) is 13.4. The lowest BCUT2D eigenvalue weighted by atomic mass is 9.78. The molecule has 1 N–H and O–H groups in total. The van der Waals surface area contributed by atoms with Crippen molar-refractivity contribution in [2.45, 2.75) is 32.2 Å². The molecule has 1 aromatic heterocycles. The van der Waals surface area contributed by atoms with Crippen LogP contribution in [0.2, 0.25) is 0 Å². The van der Waals surface area contributed by atoms with Gasteiger partial charge < -0.3 is 10.2 Å². The molecule has 2 aliphatic rings. The molecule has 2 fully saturated rings. The van der Waals surface area contributed by atoms with Gasteiger partial charge in [0.25, 0.3) is 0 Å². The van der Waals surface area contributed by atoms with Gasteiger partial charge in [0.15, 0.2) is 3.92 Å². The number of carbonyl (C=O) groups excluding carboxylic acids is 1. The van der Waals surface area contributed by atoms with E-state index in [2.05, 4.69) is 43.3 Å². The van der Waals surface area contributed by atoms with E-state index in [1.54, 1.807) is 18.3 Å². The molecule has 0 aromatic carbocycles. The van der Waals surface area contributed by atoms with Crippen molar-refractivity contribution in [2.75, 3.05) is 18.0 Å². The van der Waals surface area contributed by atoms with E-state index in [-0.39, 0.29) is 11.4 Å². The van der Waals surface area contributed by atoms with Gasteiger partial charge in [-0.05, 0) is 47.5 Å². The highest BCUT2D eigenvalue weighted by Gasteiger charge is 2.51. The fourth-order valence-electron chi connectivity index (χ4n) is 3.57. The zero-order chi connectivity index (χ0) is 13.6. The van der Waals surface area contributed by atoms with Crippen molar-refractivity contribution in [3.05, 3.63) is 3.92 Å². The third-order valence-electron chi connectivity index (χ3n) is 4.55. The second-order valence-electron chi connectivity index (χ2n) is 5.68. The van der Waals surface area contributed by atoms with Crippen LogP contribution in [0.3, 0.4) is 0 Å². The third-order valence-corrected chi connectivity index (χ3v) is 5.96. The number of amides is 1. The number of nitrogens with zero attached hydrogens (tertiary/aromatic N) is 3. The molecule has 2 heterocycles. The zero-order valence-electron chi connectivity index (χ0n) is 11.0. The monoisotopic (exact) mass is 344 g/mol. The minimum Gasteiger partial charge on any atom is -0.350 e. The average molecular weight is 345 g/mol. The first-order chi connectivity index (χ1) is 8.99. The number of hydrogen-bond acceptors (Lipinski definition) is 5. The summed E-state index contributed by atoms with van der Waals surface area (Å²) in [5, 5.41) is 12.4. The molecule has 19 heavy (non-hydrogen) atoms. The van der Waals surface area contributed by atoms with E-state index in [0.29, 0.717) is 11.8 Å². The maximum atomic E-state index is 11.4. The Balaban J connectivity index is 1.80. The number of hydrogen-bond donors (Lipinski definition) is 1. The largest absolute Gasteiger partial charge is 0.350 e. The molecule has 3 atom stereocenters. The van der Waals surface area contributed by atoms with Crippen LogP contribution >= 0.6 is 27.3 Å². The van der Waals surface area contributed by atoms with Crippen LogP contribution in [0.1, 0.15) is 26.7 Å². The third kappa shape index (κ3) is 2.27. The Labute approximate surface area is 124 Å². The van der Waals surface area contributed by atoms with Gasteiger partial charge in [-0.3, -0.25) is 4.79 Å². The highest BCUT2D eigenvalue weighted by atomic mass is 79.9. The van der Waals surface area contributed by atoms with E-state index in [1.807, 2.05) is 0 Å². The summed E-state index contributed by atoms with van der Waals surface area (Å²) in [6, 6.07) is 0. The fraction of sp³-hybridized carbons (Fsp3) is 0.750. The van der Waals surface area contributed by atoms with E-state index in [9.17, 15) is 4.79 Å². The van der Waals surface area contributed by atoms with Crippen molar-refractivity contribution in [2.24, 2.45) is 11.8 Å². The van der Waals surface area contributed by atoms with Gasteiger partial charge in [-0.2, -0.15) is 0 Å². The molecule has 1 aromatic rings. The van der Waals surface area contributed by atoms with Crippen LogP contribution in [0.25, 0.3) is 0 Å². The predicted molar refractivity (Wildman–Crippen MR) is 78.3 cm³/mol. The van der Waals surface area contributed by atoms with Crippen LogP contribution in [0.5, 0.6) is 0 Å². The molecular formula is C12H17BrN4OS. The van der Waals surface area contributed by atoms with Crippen molar-refractivity contribution in [1.82, 2.24) is 15.5 Å². The number of piperidine rings is 1. The maximum Gasteiger partial charge on any atom is 0.217 e. The second kappa shape index (κ2) is 4.70. The number of halogens is 1. The minimum atomic E-state index is -0.0513. The van der Waals surface area contributed by atoms with Crippen molar-refractivity contribution >= 4 is 38.3 Å². The normalized spacial score (nSPS) is 33.5. The van der Waals surface area contributed by atoms with E-state index in [0.717, 1.165) is 22.1 Å². The summed E-state index contributed by atoms with van der Waals surface area (Å²) in [4.78, 5) is 13.8. The maximum absolute atomic E-state index is 11.4. The minimum absolute atomic E-state index is 0.0513. The quantitative estimate of drug-likeness (QED) is 0.891. The second-order valence-corrected chi connectivity index (χ2v) is 7.91. The summed E-state index contributed by atoms with van der Waals surface area (Å²) in [6.45, 7) is 5.72. The number of aromatic nitrogens is 2.